The molecule has 1 rings (SSSR count). The molecule has 4 nitrogen and oxygen atoms in total. The first-order valence-corrected chi connectivity index (χ1v) is 3.04. The van der Waals surface area contributed by atoms with Gasteiger partial charge in [0.15, 0.2) is 12.0 Å². The van der Waals surface area contributed by atoms with Crippen molar-refractivity contribution in [3.8, 4) is 0 Å². The standard InChI is InChI=1S/C5H4O2.C3H4O2/c6-4-5-2-1-3-7-5;1-2-3(4)5/h1-4H;2H,1H2,(H,4,5). The molecule has 1 heterocycles. The van der Waals surface area contributed by atoms with Crippen LogP contribution in [0.15, 0.2) is 35.5 Å². The molecular formula is C8H8O4. The fourth-order valence-electron chi connectivity index (χ4n) is 0.358. The van der Waals surface area contributed by atoms with E-state index in [9.17, 15) is 9.59 Å². The molecule has 0 saturated heterocycles. The predicted molar refractivity (Wildman–Crippen MR) is 41.9 cm³/mol. The van der Waals surface area contributed by atoms with Crippen LogP contribution in [0.2, 0.25) is 0 Å². The molecule has 0 aliphatic rings. The highest BCUT2D eigenvalue weighted by Gasteiger charge is 1.84. The third kappa shape index (κ3) is 4.99. The Labute approximate surface area is 69.1 Å². The summed E-state index contributed by atoms with van der Waals surface area (Å²) in [5.41, 5.74) is 0. The topological polar surface area (TPSA) is 67.5 Å². The molecule has 0 aromatic carbocycles. The third-order valence-electron chi connectivity index (χ3n) is 0.834. The summed E-state index contributed by atoms with van der Waals surface area (Å²) in [6.45, 7) is 2.96. The fourth-order valence-corrected chi connectivity index (χ4v) is 0.358. The summed E-state index contributed by atoms with van der Waals surface area (Å²) in [7, 11) is 0. The number of carboxylic acid groups (broad SMARTS) is 1. The van der Waals surface area contributed by atoms with E-state index in [0.717, 1.165) is 6.08 Å². The van der Waals surface area contributed by atoms with Gasteiger partial charge in [0.25, 0.3) is 0 Å². The first kappa shape index (κ1) is 10.2. The Kier molecular flexibility index (Phi) is 5.00. The summed E-state index contributed by atoms with van der Waals surface area (Å²) in [4.78, 5) is 19.0. The van der Waals surface area contributed by atoms with Crippen LogP contribution in [0, 0.1) is 0 Å². The van der Waals surface area contributed by atoms with Gasteiger partial charge in [0.2, 0.25) is 0 Å². The highest BCUT2D eigenvalue weighted by atomic mass is 16.4. The Bertz CT molecular complexity index is 248. The average Bonchev–Trinajstić information content (AvgIpc) is 2.57. The van der Waals surface area contributed by atoms with Crippen molar-refractivity contribution in [1.29, 1.82) is 0 Å². The van der Waals surface area contributed by atoms with Crippen molar-refractivity contribution in [3.05, 3.63) is 36.8 Å². The number of carboxylic acids is 1. The van der Waals surface area contributed by atoms with Gasteiger partial charge in [0, 0.05) is 6.08 Å². The van der Waals surface area contributed by atoms with Crippen molar-refractivity contribution in [3.63, 3.8) is 0 Å². The Morgan fingerprint density at radius 2 is 2.25 bits per heavy atom. The number of aliphatic carboxylic acids is 1. The molecule has 64 valence electrons. The Morgan fingerprint density at radius 1 is 1.67 bits per heavy atom. The molecule has 0 spiro atoms. The van der Waals surface area contributed by atoms with E-state index >= 15 is 0 Å². The average molecular weight is 168 g/mol. The van der Waals surface area contributed by atoms with E-state index in [4.69, 9.17) is 5.11 Å². The highest BCUT2D eigenvalue weighted by Crippen LogP contribution is 1.92. The van der Waals surface area contributed by atoms with E-state index in [1.165, 1.54) is 6.26 Å². The first-order chi connectivity index (χ1) is 5.70. The summed E-state index contributed by atoms with van der Waals surface area (Å²) in [6.07, 6.45) is 2.96. The van der Waals surface area contributed by atoms with E-state index < -0.39 is 5.97 Å². The Morgan fingerprint density at radius 3 is 2.42 bits per heavy atom. The second kappa shape index (κ2) is 5.91. The molecular weight excluding hydrogens is 160 g/mol. The zero-order valence-corrected chi connectivity index (χ0v) is 6.27. The molecule has 1 aromatic rings. The minimum atomic E-state index is -0.981. The molecule has 12 heavy (non-hydrogen) atoms. The predicted octanol–water partition coefficient (Wildman–Crippen LogP) is 1.35. The van der Waals surface area contributed by atoms with Crippen LogP contribution in [-0.2, 0) is 4.79 Å². The van der Waals surface area contributed by atoms with E-state index in [0.29, 0.717) is 12.0 Å². The number of hydrogen-bond acceptors (Lipinski definition) is 3. The molecule has 1 aromatic heterocycles. The van der Waals surface area contributed by atoms with Crippen molar-refractivity contribution in [2.45, 2.75) is 0 Å². The van der Waals surface area contributed by atoms with Gasteiger partial charge in [0.1, 0.15) is 0 Å². The number of aldehydes is 1. The maximum atomic E-state index is 9.77. The van der Waals surface area contributed by atoms with Gasteiger partial charge in [-0.3, -0.25) is 4.79 Å². The van der Waals surface area contributed by atoms with Gasteiger partial charge in [-0.2, -0.15) is 0 Å². The Balaban J connectivity index is 0.000000217. The van der Waals surface area contributed by atoms with Crippen molar-refractivity contribution in [1.82, 2.24) is 0 Å². The van der Waals surface area contributed by atoms with Crippen molar-refractivity contribution in [2.24, 2.45) is 0 Å². The summed E-state index contributed by atoms with van der Waals surface area (Å²) in [6, 6.07) is 3.27. The van der Waals surface area contributed by atoms with Crippen LogP contribution in [0.3, 0.4) is 0 Å². The summed E-state index contributed by atoms with van der Waals surface area (Å²) < 4.78 is 4.61. The number of rotatable bonds is 2. The monoisotopic (exact) mass is 168 g/mol. The molecule has 0 saturated carbocycles. The van der Waals surface area contributed by atoms with Crippen LogP contribution >= 0.6 is 0 Å². The SMILES string of the molecule is C=CC(=O)O.O=Cc1ccco1. The van der Waals surface area contributed by atoms with E-state index in [2.05, 4.69) is 11.0 Å². The molecule has 0 unspecified atom stereocenters. The fraction of sp³-hybridized carbons (Fsp3) is 0. The van der Waals surface area contributed by atoms with Crippen molar-refractivity contribution >= 4 is 12.3 Å². The van der Waals surface area contributed by atoms with Gasteiger partial charge in [-0.25, -0.2) is 4.79 Å². The lowest BCUT2D eigenvalue weighted by Crippen LogP contribution is -1.82. The van der Waals surface area contributed by atoms with Crippen LogP contribution < -0.4 is 0 Å². The lowest BCUT2D eigenvalue weighted by molar-refractivity contribution is -0.131. The largest absolute Gasteiger partial charge is 0.478 e. The number of furan rings is 1. The van der Waals surface area contributed by atoms with E-state index in [-0.39, 0.29) is 0 Å². The molecule has 0 aliphatic carbocycles. The van der Waals surface area contributed by atoms with Gasteiger partial charge < -0.3 is 9.52 Å². The van der Waals surface area contributed by atoms with Gasteiger partial charge in [-0.05, 0) is 12.1 Å². The van der Waals surface area contributed by atoms with Crippen LogP contribution in [0.25, 0.3) is 0 Å². The van der Waals surface area contributed by atoms with Crippen molar-refractivity contribution in [2.75, 3.05) is 0 Å². The van der Waals surface area contributed by atoms with Crippen molar-refractivity contribution < 1.29 is 19.1 Å². The molecule has 0 fully saturated rings. The summed E-state index contributed by atoms with van der Waals surface area (Å²) in [5.74, 6) is -0.606. The Hall–Kier alpha value is -1.84. The molecule has 0 bridgehead atoms. The highest BCUT2D eigenvalue weighted by molar-refractivity contribution is 5.78. The van der Waals surface area contributed by atoms with E-state index in [1.54, 1.807) is 12.1 Å². The van der Waals surface area contributed by atoms with Gasteiger partial charge >= 0.3 is 5.97 Å². The molecule has 0 amide bonds. The smallest absolute Gasteiger partial charge is 0.327 e. The molecule has 0 radical (unpaired) electrons. The lowest BCUT2D eigenvalue weighted by atomic mass is 10.5. The number of carbonyl (C=O) groups is 2. The van der Waals surface area contributed by atoms with Gasteiger partial charge in [0.05, 0.1) is 6.26 Å². The maximum Gasteiger partial charge on any atom is 0.327 e. The van der Waals surface area contributed by atoms with Crippen LogP contribution in [0.5, 0.6) is 0 Å². The third-order valence-corrected chi connectivity index (χ3v) is 0.834. The zero-order valence-electron chi connectivity index (χ0n) is 6.27. The zero-order chi connectivity index (χ0) is 9.40. The molecule has 0 atom stereocenters. The molecule has 0 aliphatic heterocycles. The van der Waals surface area contributed by atoms with Crippen LogP contribution in [0.1, 0.15) is 10.6 Å². The second-order valence-corrected chi connectivity index (χ2v) is 1.68. The maximum absolute atomic E-state index is 9.77. The normalized spacial score (nSPS) is 7.67. The summed E-state index contributed by atoms with van der Waals surface area (Å²) in [5, 5.41) is 7.60. The van der Waals surface area contributed by atoms with Gasteiger partial charge in [-0.15, -0.1) is 0 Å². The van der Waals surface area contributed by atoms with Crippen LogP contribution in [-0.4, -0.2) is 17.4 Å². The minimum Gasteiger partial charge on any atom is -0.478 e. The van der Waals surface area contributed by atoms with E-state index in [1.807, 2.05) is 0 Å². The second-order valence-electron chi connectivity index (χ2n) is 1.68. The molecule has 1 N–H and O–H groups in total. The number of carbonyl (C=O) groups excluding carboxylic acids is 1. The minimum absolute atomic E-state index is 0.375. The van der Waals surface area contributed by atoms with Crippen LogP contribution in [0.4, 0.5) is 0 Å². The molecule has 4 heteroatoms. The first-order valence-electron chi connectivity index (χ1n) is 3.04. The lowest BCUT2D eigenvalue weighted by Gasteiger charge is -1.68. The quantitative estimate of drug-likeness (QED) is 0.534. The number of hydrogen-bond donors (Lipinski definition) is 1. The van der Waals surface area contributed by atoms with Gasteiger partial charge in [-0.1, -0.05) is 6.58 Å². The summed E-state index contributed by atoms with van der Waals surface area (Å²) >= 11 is 0.